The SMILES string of the molecule is COc1ccc(OC[C@@H](O)CN(C)Cc2ccc(OCCN(C)C)c(OC)c2)cc1. The van der Waals surface area contributed by atoms with Gasteiger partial charge < -0.3 is 29.0 Å². The third-order valence-electron chi connectivity index (χ3n) is 4.50. The molecule has 0 saturated carbocycles. The van der Waals surface area contributed by atoms with Gasteiger partial charge in [0.2, 0.25) is 0 Å². The van der Waals surface area contributed by atoms with E-state index in [4.69, 9.17) is 18.9 Å². The molecule has 0 aromatic heterocycles. The van der Waals surface area contributed by atoms with E-state index in [1.165, 1.54) is 0 Å². The van der Waals surface area contributed by atoms with Gasteiger partial charge in [-0.05, 0) is 63.1 Å². The molecular formula is C23H34N2O5. The first-order valence-corrected chi connectivity index (χ1v) is 9.99. The lowest BCUT2D eigenvalue weighted by molar-refractivity contribution is 0.0743. The maximum Gasteiger partial charge on any atom is 0.161 e. The summed E-state index contributed by atoms with van der Waals surface area (Å²) in [5.74, 6) is 2.92. The van der Waals surface area contributed by atoms with E-state index in [0.29, 0.717) is 31.2 Å². The van der Waals surface area contributed by atoms with Gasteiger partial charge in [0, 0.05) is 19.6 Å². The first-order chi connectivity index (χ1) is 14.4. The average Bonchev–Trinajstić information content (AvgIpc) is 2.73. The van der Waals surface area contributed by atoms with Crippen LogP contribution in [-0.4, -0.2) is 82.7 Å². The van der Waals surface area contributed by atoms with Gasteiger partial charge in [0.1, 0.15) is 30.8 Å². The lowest BCUT2D eigenvalue weighted by Crippen LogP contribution is -2.32. The molecule has 1 N–H and O–H groups in total. The summed E-state index contributed by atoms with van der Waals surface area (Å²) >= 11 is 0. The van der Waals surface area contributed by atoms with Crippen molar-refractivity contribution in [1.82, 2.24) is 9.80 Å². The molecule has 0 radical (unpaired) electrons. The zero-order chi connectivity index (χ0) is 21.9. The second-order valence-corrected chi connectivity index (χ2v) is 7.47. The summed E-state index contributed by atoms with van der Waals surface area (Å²) in [6.07, 6.45) is -0.604. The zero-order valence-electron chi connectivity index (χ0n) is 18.6. The third-order valence-corrected chi connectivity index (χ3v) is 4.50. The standard InChI is InChI=1S/C23H34N2O5/c1-24(2)12-13-29-22-11-6-18(14-23(22)28-5)15-25(3)16-19(26)17-30-21-9-7-20(27-4)8-10-21/h6-11,14,19,26H,12-13,15-17H2,1-5H3/t19-/m0/s1. The van der Waals surface area contributed by atoms with Crippen molar-refractivity contribution in [3.63, 3.8) is 0 Å². The van der Waals surface area contributed by atoms with Crippen molar-refractivity contribution in [3.8, 4) is 23.0 Å². The molecule has 0 amide bonds. The maximum absolute atomic E-state index is 10.3. The third kappa shape index (κ3) is 8.10. The second kappa shape index (κ2) is 12.3. The van der Waals surface area contributed by atoms with Crippen molar-refractivity contribution in [1.29, 1.82) is 0 Å². The van der Waals surface area contributed by atoms with Gasteiger partial charge >= 0.3 is 0 Å². The molecule has 0 fully saturated rings. The highest BCUT2D eigenvalue weighted by Crippen LogP contribution is 2.28. The summed E-state index contributed by atoms with van der Waals surface area (Å²) in [6, 6.07) is 13.2. The van der Waals surface area contributed by atoms with Crippen molar-refractivity contribution >= 4 is 0 Å². The minimum atomic E-state index is -0.604. The Labute approximate surface area is 179 Å². The highest BCUT2D eigenvalue weighted by molar-refractivity contribution is 5.43. The maximum atomic E-state index is 10.3. The van der Waals surface area contributed by atoms with Crippen LogP contribution < -0.4 is 18.9 Å². The lowest BCUT2D eigenvalue weighted by Gasteiger charge is -2.21. The van der Waals surface area contributed by atoms with Gasteiger partial charge in [0.15, 0.2) is 11.5 Å². The minimum Gasteiger partial charge on any atom is -0.497 e. The summed E-state index contributed by atoms with van der Waals surface area (Å²) < 4.78 is 22.1. The van der Waals surface area contributed by atoms with Gasteiger partial charge in [-0.15, -0.1) is 0 Å². The molecule has 2 rings (SSSR count). The molecule has 0 heterocycles. The lowest BCUT2D eigenvalue weighted by atomic mass is 10.2. The van der Waals surface area contributed by atoms with E-state index in [1.54, 1.807) is 14.2 Å². The van der Waals surface area contributed by atoms with Crippen molar-refractivity contribution in [2.24, 2.45) is 0 Å². The van der Waals surface area contributed by atoms with Crippen molar-refractivity contribution < 1.29 is 24.1 Å². The molecule has 2 aromatic rings. The average molecular weight is 419 g/mol. The molecule has 7 nitrogen and oxygen atoms in total. The first kappa shape index (κ1) is 23.8. The van der Waals surface area contributed by atoms with Crippen LogP contribution in [0, 0.1) is 0 Å². The van der Waals surface area contributed by atoms with Gasteiger partial charge in [-0.25, -0.2) is 0 Å². The van der Waals surface area contributed by atoms with Crippen molar-refractivity contribution in [2.75, 3.05) is 61.7 Å². The van der Waals surface area contributed by atoms with Gasteiger partial charge in [-0.2, -0.15) is 0 Å². The van der Waals surface area contributed by atoms with E-state index >= 15 is 0 Å². The molecule has 166 valence electrons. The number of likely N-dealkylation sites (N-methyl/N-ethyl adjacent to an activating group) is 2. The summed E-state index contributed by atoms with van der Waals surface area (Å²) in [5, 5.41) is 10.3. The largest absolute Gasteiger partial charge is 0.497 e. The van der Waals surface area contributed by atoms with Crippen molar-refractivity contribution in [2.45, 2.75) is 12.6 Å². The van der Waals surface area contributed by atoms with E-state index in [1.807, 2.05) is 68.5 Å². The molecule has 0 aliphatic heterocycles. The van der Waals surface area contributed by atoms with E-state index < -0.39 is 6.10 Å². The molecule has 0 unspecified atom stereocenters. The number of ether oxygens (including phenoxy) is 4. The highest BCUT2D eigenvalue weighted by Gasteiger charge is 2.12. The Balaban J connectivity index is 1.81. The van der Waals surface area contributed by atoms with Crippen LogP contribution in [-0.2, 0) is 6.54 Å². The molecule has 1 atom stereocenters. The predicted molar refractivity (Wildman–Crippen MR) is 118 cm³/mol. The predicted octanol–water partition coefficient (Wildman–Crippen LogP) is 2.52. The Bertz CT molecular complexity index is 752. The van der Waals surface area contributed by atoms with Crippen molar-refractivity contribution in [3.05, 3.63) is 48.0 Å². The highest BCUT2D eigenvalue weighted by atomic mass is 16.5. The molecule has 30 heavy (non-hydrogen) atoms. The molecular weight excluding hydrogens is 384 g/mol. The first-order valence-electron chi connectivity index (χ1n) is 9.99. The number of hydrogen-bond acceptors (Lipinski definition) is 7. The Morgan fingerprint density at radius 2 is 1.57 bits per heavy atom. The monoisotopic (exact) mass is 418 g/mol. The van der Waals surface area contributed by atoms with E-state index in [-0.39, 0.29) is 6.61 Å². The molecule has 0 saturated heterocycles. The van der Waals surface area contributed by atoms with Gasteiger partial charge in [-0.1, -0.05) is 6.07 Å². The Kier molecular flexibility index (Phi) is 9.73. The molecule has 0 spiro atoms. The van der Waals surface area contributed by atoms with Gasteiger partial charge in [0.25, 0.3) is 0 Å². The Morgan fingerprint density at radius 1 is 0.867 bits per heavy atom. The number of nitrogens with zero attached hydrogens (tertiary/aromatic N) is 2. The molecule has 2 aromatic carbocycles. The van der Waals surface area contributed by atoms with Crippen LogP contribution in [0.25, 0.3) is 0 Å². The number of rotatable bonds is 13. The van der Waals surface area contributed by atoms with Crippen LogP contribution in [0.1, 0.15) is 5.56 Å². The minimum absolute atomic E-state index is 0.221. The smallest absolute Gasteiger partial charge is 0.161 e. The summed E-state index contributed by atoms with van der Waals surface area (Å²) in [7, 11) is 9.25. The number of benzene rings is 2. The zero-order valence-corrected chi connectivity index (χ0v) is 18.6. The molecule has 0 aliphatic carbocycles. The molecule has 7 heteroatoms. The van der Waals surface area contributed by atoms with Crippen LogP contribution in [0.4, 0.5) is 0 Å². The second-order valence-electron chi connectivity index (χ2n) is 7.47. The summed E-state index contributed by atoms with van der Waals surface area (Å²) in [6.45, 7) is 2.82. The number of aliphatic hydroxyl groups excluding tert-OH is 1. The van der Waals surface area contributed by atoms with Crippen LogP contribution >= 0.6 is 0 Å². The van der Waals surface area contributed by atoms with Crippen LogP contribution in [0.3, 0.4) is 0 Å². The number of methoxy groups -OCH3 is 2. The fourth-order valence-electron chi connectivity index (χ4n) is 2.92. The normalized spacial score (nSPS) is 12.1. The number of aliphatic hydroxyl groups is 1. The Morgan fingerprint density at radius 3 is 2.20 bits per heavy atom. The van der Waals surface area contributed by atoms with Gasteiger partial charge in [-0.3, -0.25) is 4.90 Å². The Hall–Kier alpha value is -2.48. The van der Waals surface area contributed by atoms with Crippen LogP contribution in [0.5, 0.6) is 23.0 Å². The van der Waals surface area contributed by atoms with E-state index in [0.717, 1.165) is 23.6 Å². The molecule has 0 aliphatic rings. The molecule has 0 bridgehead atoms. The topological polar surface area (TPSA) is 63.6 Å². The van der Waals surface area contributed by atoms with Gasteiger partial charge in [0.05, 0.1) is 14.2 Å². The fraction of sp³-hybridized carbons (Fsp3) is 0.478. The van der Waals surface area contributed by atoms with Crippen LogP contribution in [0.2, 0.25) is 0 Å². The quantitative estimate of drug-likeness (QED) is 0.536. The number of hydrogen-bond donors (Lipinski definition) is 1. The van der Waals surface area contributed by atoms with E-state index in [9.17, 15) is 5.11 Å². The summed E-state index contributed by atoms with van der Waals surface area (Å²) in [5.41, 5.74) is 1.08. The van der Waals surface area contributed by atoms with Crippen LogP contribution in [0.15, 0.2) is 42.5 Å². The fourth-order valence-corrected chi connectivity index (χ4v) is 2.92. The summed E-state index contributed by atoms with van der Waals surface area (Å²) in [4.78, 5) is 4.11. The van der Waals surface area contributed by atoms with E-state index in [2.05, 4.69) is 4.90 Å².